The Morgan fingerprint density at radius 2 is 2.00 bits per heavy atom. The minimum Gasteiger partial charge on any atom is -0.323 e. The van der Waals surface area contributed by atoms with Crippen molar-refractivity contribution in [1.29, 1.82) is 0 Å². The summed E-state index contributed by atoms with van der Waals surface area (Å²) in [5.74, 6) is -1.01. The highest BCUT2D eigenvalue weighted by molar-refractivity contribution is 6.30. The van der Waals surface area contributed by atoms with Crippen molar-refractivity contribution in [3.8, 4) is 5.69 Å². The van der Waals surface area contributed by atoms with E-state index in [1.165, 1.54) is 11.0 Å². The Morgan fingerprint density at radius 1 is 1.20 bits per heavy atom. The zero-order valence-corrected chi connectivity index (χ0v) is 10.8. The van der Waals surface area contributed by atoms with Gasteiger partial charge in [0.25, 0.3) is 0 Å². The van der Waals surface area contributed by atoms with Crippen LogP contribution in [0.4, 0.5) is 16.0 Å². The third-order valence-electron chi connectivity index (χ3n) is 2.44. The fraction of sp³-hybridized carbons (Fsp3) is 0. The van der Waals surface area contributed by atoms with Gasteiger partial charge in [0.1, 0.15) is 12.1 Å². The van der Waals surface area contributed by atoms with E-state index in [9.17, 15) is 4.39 Å². The van der Waals surface area contributed by atoms with E-state index in [1.54, 1.807) is 0 Å². The third-order valence-corrected chi connectivity index (χ3v) is 2.63. The van der Waals surface area contributed by atoms with Gasteiger partial charge >= 0.3 is 0 Å². The van der Waals surface area contributed by atoms with Crippen LogP contribution in [-0.2, 0) is 0 Å². The maximum atomic E-state index is 13.8. The Balaban J connectivity index is 1.97. The number of nitrogens with one attached hydrogen (secondary N) is 1. The van der Waals surface area contributed by atoms with Gasteiger partial charge in [-0.2, -0.15) is 4.98 Å². The summed E-state index contributed by atoms with van der Waals surface area (Å²) < 4.78 is 38.2. The van der Waals surface area contributed by atoms with E-state index in [1.807, 2.05) is 30.3 Å². The molecule has 0 amide bonds. The first-order valence-corrected chi connectivity index (χ1v) is 6.05. The normalized spacial score (nSPS) is 12.6. The lowest BCUT2D eigenvalue weighted by atomic mass is 10.3. The third kappa shape index (κ3) is 2.78. The molecule has 0 spiro atoms. The summed E-state index contributed by atoms with van der Waals surface area (Å²) in [5, 5.41) is 6.40. The molecule has 2 aromatic carbocycles. The van der Waals surface area contributed by atoms with E-state index in [-0.39, 0.29) is 22.7 Å². The Bertz CT molecular complexity index is 841. The van der Waals surface area contributed by atoms with Crippen molar-refractivity contribution >= 4 is 23.2 Å². The molecule has 3 aromatic rings. The van der Waals surface area contributed by atoms with E-state index >= 15 is 0 Å². The molecule has 0 aliphatic rings. The van der Waals surface area contributed by atoms with Gasteiger partial charge in [-0.15, -0.1) is 5.10 Å². The van der Waals surface area contributed by atoms with Crippen LogP contribution in [0.15, 0.2) is 54.8 Å². The van der Waals surface area contributed by atoms with E-state index in [0.717, 1.165) is 5.69 Å². The molecule has 3 rings (SSSR count). The van der Waals surface area contributed by atoms with Crippen molar-refractivity contribution in [2.75, 3.05) is 5.32 Å². The zero-order chi connectivity index (χ0) is 16.6. The largest absolute Gasteiger partial charge is 0.323 e. The van der Waals surface area contributed by atoms with Crippen LogP contribution < -0.4 is 5.32 Å². The summed E-state index contributed by atoms with van der Waals surface area (Å²) in [6.45, 7) is 0. The number of hydrogen-bond acceptors (Lipinski definition) is 3. The number of aromatic nitrogens is 3. The second-order valence-electron chi connectivity index (χ2n) is 3.85. The standard InChI is InChI=1S/C14H10ClFN4/c15-10-6-11(16)8-12(7-10)18-14-17-9-20(19-14)13-4-2-1-3-5-13/h1-9H,(H,18,19)/i6D,7D,8D. The van der Waals surface area contributed by atoms with Crippen LogP contribution in [0.3, 0.4) is 0 Å². The highest BCUT2D eigenvalue weighted by Crippen LogP contribution is 2.20. The quantitative estimate of drug-likeness (QED) is 0.798. The molecule has 0 aliphatic heterocycles. The molecule has 0 saturated carbocycles. The van der Waals surface area contributed by atoms with Gasteiger partial charge in [0.2, 0.25) is 5.95 Å². The fourth-order valence-electron chi connectivity index (χ4n) is 1.61. The summed E-state index contributed by atoms with van der Waals surface area (Å²) >= 11 is 5.74. The van der Waals surface area contributed by atoms with Crippen LogP contribution in [0, 0.1) is 5.82 Å². The fourth-order valence-corrected chi connectivity index (χ4v) is 1.79. The second kappa shape index (κ2) is 5.30. The summed E-state index contributed by atoms with van der Waals surface area (Å²) in [6, 6.07) is 7.57. The summed E-state index contributed by atoms with van der Waals surface area (Å²) in [7, 11) is 0. The minimum atomic E-state index is -1.10. The highest BCUT2D eigenvalue weighted by atomic mass is 35.5. The summed E-state index contributed by atoms with van der Waals surface area (Å²) in [4.78, 5) is 4.01. The molecule has 0 atom stereocenters. The lowest BCUT2D eigenvalue weighted by Crippen LogP contribution is -1.97. The molecule has 0 bridgehead atoms. The molecule has 0 saturated heterocycles. The molecular formula is C14H10ClFN4. The summed E-state index contributed by atoms with van der Waals surface area (Å²) in [6.07, 6.45) is 1.45. The van der Waals surface area contributed by atoms with Crippen molar-refractivity contribution in [3.63, 3.8) is 0 Å². The number of nitrogens with zero attached hydrogens (tertiary/aromatic N) is 3. The van der Waals surface area contributed by atoms with Gasteiger partial charge in [-0.3, -0.25) is 0 Å². The van der Waals surface area contributed by atoms with Gasteiger partial charge in [0, 0.05) is 10.7 Å². The molecule has 6 heteroatoms. The average molecular weight is 292 g/mol. The number of rotatable bonds is 3. The topological polar surface area (TPSA) is 42.7 Å². The Labute approximate surface area is 124 Å². The summed E-state index contributed by atoms with van der Waals surface area (Å²) in [5.41, 5.74) is 0.588. The Hall–Kier alpha value is -2.40. The van der Waals surface area contributed by atoms with Gasteiger partial charge < -0.3 is 5.32 Å². The highest BCUT2D eigenvalue weighted by Gasteiger charge is 2.04. The van der Waals surface area contributed by atoms with Crippen LogP contribution in [0.25, 0.3) is 5.69 Å². The van der Waals surface area contributed by atoms with Crippen molar-refractivity contribution in [1.82, 2.24) is 14.8 Å². The van der Waals surface area contributed by atoms with Crippen molar-refractivity contribution < 1.29 is 8.50 Å². The Morgan fingerprint density at radius 3 is 2.80 bits per heavy atom. The molecule has 1 aromatic heterocycles. The van der Waals surface area contributed by atoms with Gasteiger partial charge in [-0.1, -0.05) is 29.8 Å². The van der Waals surface area contributed by atoms with Gasteiger partial charge in [-0.25, -0.2) is 9.07 Å². The monoisotopic (exact) mass is 291 g/mol. The van der Waals surface area contributed by atoms with Crippen molar-refractivity contribution in [2.45, 2.75) is 0 Å². The van der Waals surface area contributed by atoms with E-state index in [4.69, 9.17) is 15.7 Å². The number of benzene rings is 2. The number of para-hydroxylation sites is 1. The van der Waals surface area contributed by atoms with E-state index < -0.39 is 17.9 Å². The minimum absolute atomic E-state index is 0.0871. The molecule has 0 unspecified atom stereocenters. The van der Waals surface area contributed by atoms with E-state index in [2.05, 4.69) is 15.4 Å². The maximum absolute atomic E-state index is 13.8. The lowest BCUT2D eigenvalue weighted by Gasteiger charge is -2.03. The molecule has 0 aliphatic carbocycles. The van der Waals surface area contributed by atoms with Crippen LogP contribution in [-0.4, -0.2) is 14.8 Å². The molecule has 1 heterocycles. The van der Waals surface area contributed by atoms with Crippen LogP contribution in [0.2, 0.25) is 5.02 Å². The first-order chi connectivity index (χ1) is 11.0. The second-order valence-corrected chi connectivity index (χ2v) is 4.23. The predicted molar refractivity (Wildman–Crippen MR) is 76.1 cm³/mol. The SMILES string of the molecule is [2H]c1c(F)c([2H])c(Nc2ncn(-c3ccccc3)n2)c([2H])c1Cl. The molecule has 0 radical (unpaired) electrons. The van der Waals surface area contributed by atoms with Crippen molar-refractivity contribution in [3.05, 3.63) is 65.6 Å². The predicted octanol–water partition coefficient (Wildman–Crippen LogP) is 3.80. The number of hydrogen-bond donors (Lipinski definition) is 1. The first kappa shape index (κ1) is 9.50. The Kier molecular flexibility index (Phi) is 2.52. The lowest BCUT2D eigenvalue weighted by molar-refractivity contribution is 0.628. The first-order valence-electron chi connectivity index (χ1n) is 7.18. The van der Waals surface area contributed by atoms with Crippen LogP contribution >= 0.6 is 11.6 Å². The van der Waals surface area contributed by atoms with E-state index in [0.29, 0.717) is 0 Å². The molecule has 0 fully saturated rings. The number of halogens is 2. The smallest absolute Gasteiger partial charge is 0.246 e. The van der Waals surface area contributed by atoms with Gasteiger partial charge in [-0.05, 0) is 30.3 Å². The van der Waals surface area contributed by atoms with Crippen molar-refractivity contribution in [2.24, 2.45) is 0 Å². The molecule has 100 valence electrons. The van der Waals surface area contributed by atoms with Gasteiger partial charge in [0.05, 0.1) is 9.80 Å². The van der Waals surface area contributed by atoms with Crippen LogP contribution in [0.1, 0.15) is 4.11 Å². The molecular weight excluding hydrogens is 279 g/mol. The molecule has 4 nitrogen and oxygen atoms in total. The van der Waals surface area contributed by atoms with Gasteiger partial charge in [0.15, 0.2) is 0 Å². The van der Waals surface area contributed by atoms with Crippen LogP contribution in [0.5, 0.6) is 0 Å². The molecule has 20 heavy (non-hydrogen) atoms. The average Bonchev–Trinajstić information content (AvgIpc) is 3.05. The number of anilines is 2. The molecule has 1 N–H and O–H groups in total. The maximum Gasteiger partial charge on any atom is 0.246 e. The zero-order valence-electron chi connectivity index (χ0n) is 13.1.